The Bertz CT molecular complexity index is 188. The number of nitrogens with zero attached hydrogens (tertiary/aromatic N) is 1. The maximum absolute atomic E-state index is 10.0. The average molecular weight is 140 g/mol. The number of halogens is 1. The molecular formula is C2H2ClNO2S. The summed E-state index contributed by atoms with van der Waals surface area (Å²) < 4.78 is 12.6. The number of rotatable bonds is 1. The van der Waals surface area contributed by atoms with Crippen LogP contribution < -0.4 is 0 Å². The topological polar surface area (TPSA) is 46.5 Å². The lowest BCUT2D eigenvalue weighted by molar-refractivity contribution is 0.566. The maximum Gasteiger partial charge on any atom is 0.250 e. The van der Waals surface area contributed by atoms with Gasteiger partial charge in [0, 0.05) is 10.7 Å². The Morgan fingerprint density at radius 3 is 2.29 bits per heavy atom. The average Bonchev–Trinajstić information content (AvgIpc) is 1.30. The smallest absolute Gasteiger partial charge is 0.228 e. The molecule has 0 aliphatic heterocycles. The lowest BCUT2D eigenvalue weighted by atomic mass is 11.7. The standard InChI is InChI=1S/C2H2ClNO2S/c1-7(3,6)4-2-5/h1H2. The van der Waals surface area contributed by atoms with Crippen LogP contribution in [0.3, 0.4) is 0 Å². The first-order valence-corrected chi connectivity index (χ1v) is 3.73. The summed E-state index contributed by atoms with van der Waals surface area (Å²) in [7, 11) is 1.82. The summed E-state index contributed by atoms with van der Waals surface area (Å²) in [5.74, 6) is 2.82. The quantitative estimate of drug-likeness (QED) is 0.224. The molecule has 1 atom stereocenters. The fraction of sp³-hybridized carbons (Fsp3) is 0. The molecule has 0 rings (SSSR count). The van der Waals surface area contributed by atoms with E-state index in [0.29, 0.717) is 0 Å². The van der Waals surface area contributed by atoms with E-state index in [1.807, 2.05) is 0 Å². The van der Waals surface area contributed by atoms with Gasteiger partial charge in [-0.2, -0.15) is 0 Å². The van der Waals surface area contributed by atoms with Crippen LogP contribution >= 0.6 is 10.7 Å². The second-order valence-electron chi connectivity index (χ2n) is 0.745. The first kappa shape index (κ1) is 6.69. The van der Waals surface area contributed by atoms with Crippen molar-refractivity contribution in [3.63, 3.8) is 0 Å². The molecule has 0 heterocycles. The third-order valence-electron chi connectivity index (χ3n) is 0.174. The minimum absolute atomic E-state index is 1.01. The van der Waals surface area contributed by atoms with E-state index >= 15 is 0 Å². The lowest BCUT2D eigenvalue weighted by Gasteiger charge is -1.75. The molecule has 7 heavy (non-hydrogen) atoms. The molecule has 0 aliphatic rings. The van der Waals surface area contributed by atoms with E-state index in [1.165, 1.54) is 0 Å². The Kier molecular flexibility index (Phi) is 2.02. The number of isocyanates is 1. The Morgan fingerprint density at radius 1 is 1.86 bits per heavy atom. The van der Waals surface area contributed by atoms with Gasteiger partial charge in [-0.15, -0.1) is 0 Å². The van der Waals surface area contributed by atoms with Gasteiger partial charge in [0.05, 0.1) is 0 Å². The van der Waals surface area contributed by atoms with Crippen molar-refractivity contribution in [3.05, 3.63) is 0 Å². The van der Waals surface area contributed by atoms with E-state index in [4.69, 9.17) is 10.7 Å². The van der Waals surface area contributed by atoms with Crippen LogP contribution in [0.25, 0.3) is 0 Å². The molecule has 0 amide bonds. The van der Waals surface area contributed by atoms with Crippen LogP contribution in [0.15, 0.2) is 4.40 Å². The minimum atomic E-state index is -3.00. The predicted molar refractivity (Wildman–Crippen MR) is 29.2 cm³/mol. The zero-order chi connectivity index (χ0) is 5.91. The molecule has 5 heteroatoms. The van der Waals surface area contributed by atoms with Crippen molar-refractivity contribution in [1.29, 1.82) is 0 Å². The van der Waals surface area contributed by atoms with Gasteiger partial charge in [0.25, 0.3) is 0 Å². The van der Waals surface area contributed by atoms with Gasteiger partial charge in [0.15, 0.2) is 8.92 Å². The van der Waals surface area contributed by atoms with Crippen molar-refractivity contribution < 1.29 is 9.00 Å². The normalized spacial score (nSPS) is 16.7. The third kappa shape index (κ3) is 5.69. The highest BCUT2D eigenvalue weighted by atomic mass is 35.7. The maximum atomic E-state index is 10.0. The second kappa shape index (κ2) is 2.12. The number of hydrogen-bond donors (Lipinski definition) is 0. The molecule has 0 aromatic heterocycles. The molecule has 0 saturated carbocycles. The third-order valence-corrected chi connectivity index (χ3v) is 0.728. The summed E-state index contributed by atoms with van der Waals surface area (Å²) >= 11 is 0. The Morgan fingerprint density at radius 2 is 2.29 bits per heavy atom. The van der Waals surface area contributed by atoms with Crippen LogP contribution in [-0.2, 0) is 13.7 Å². The predicted octanol–water partition coefficient (Wildman–Crippen LogP) is 0.107. The van der Waals surface area contributed by atoms with Crippen LogP contribution in [0.2, 0.25) is 0 Å². The van der Waals surface area contributed by atoms with E-state index in [1.54, 1.807) is 0 Å². The van der Waals surface area contributed by atoms with Gasteiger partial charge in [-0.05, 0) is 5.87 Å². The molecule has 0 aliphatic carbocycles. The van der Waals surface area contributed by atoms with Crippen LogP contribution in [0.5, 0.6) is 0 Å². The van der Waals surface area contributed by atoms with Crippen LogP contribution in [-0.4, -0.2) is 16.2 Å². The Labute approximate surface area is 45.6 Å². The molecule has 0 saturated heterocycles. The second-order valence-corrected chi connectivity index (χ2v) is 3.50. The SMILES string of the molecule is C=S(=O)(Cl)N=C=O. The van der Waals surface area contributed by atoms with Gasteiger partial charge >= 0.3 is 0 Å². The molecule has 0 fully saturated rings. The lowest BCUT2D eigenvalue weighted by Crippen LogP contribution is -1.76. The summed E-state index contributed by atoms with van der Waals surface area (Å²) in [6, 6.07) is 0. The van der Waals surface area contributed by atoms with Gasteiger partial charge in [0.1, 0.15) is 0 Å². The van der Waals surface area contributed by atoms with Gasteiger partial charge in [0.2, 0.25) is 6.08 Å². The fourth-order valence-electron chi connectivity index (χ4n) is 0.0557. The van der Waals surface area contributed by atoms with E-state index in [2.05, 4.69) is 10.3 Å². The zero-order valence-corrected chi connectivity index (χ0v) is 4.83. The summed E-state index contributed by atoms with van der Waals surface area (Å²) in [4.78, 5) is 9.23. The molecule has 0 aromatic rings. The van der Waals surface area contributed by atoms with Crippen molar-refractivity contribution in [2.45, 2.75) is 0 Å². The van der Waals surface area contributed by atoms with Crippen molar-refractivity contribution >= 4 is 31.6 Å². The van der Waals surface area contributed by atoms with Gasteiger partial charge < -0.3 is 0 Å². The Hall–Kier alpha value is -0.310. The monoisotopic (exact) mass is 139 g/mol. The Balaban J connectivity index is 4.44. The molecule has 40 valence electrons. The van der Waals surface area contributed by atoms with Gasteiger partial charge in [-0.25, -0.2) is 9.00 Å². The van der Waals surface area contributed by atoms with E-state index in [0.717, 1.165) is 6.08 Å². The summed E-state index contributed by atoms with van der Waals surface area (Å²) in [6.45, 7) is 0. The highest BCUT2D eigenvalue weighted by Gasteiger charge is 1.85. The molecule has 0 spiro atoms. The molecule has 0 bridgehead atoms. The van der Waals surface area contributed by atoms with Gasteiger partial charge in [-0.3, -0.25) is 0 Å². The van der Waals surface area contributed by atoms with Crippen LogP contribution in [0, 0.1) is 0 Å². The van der Waals surface area contributed by atoms with E-state index in [9.17, 15) is 9.00 Å². The summed E-state index contributed by atoms with van der Waals surface area (Å²) in [5.41, 5.74) is 0. The molecule has 0 radical (unpaired) electrons. The molecule has 3 nitrogen and oxygen atoms in total. The van der Waals surface area contributed by atoms with E-state index in [-0.39, 0.29) is 0 Å². The molecule has 1 unspecified atom stereocenters. The van der Waals surface area contributed by atoms with Crippen LogP contribution in [0.4, 0.5) is 0 Å². The highest BCUT2D eigenvalue weighted by molar-refractivity contribution is 8.20. The molecule has 0 aromatic carbocycles. The first-order valence-electron chi connectivity index (χ1n) is 1.22. The molecular weight excluding hydrogens is 138 g/mol. The zero-order valence-electron chi connectivity index (χ0n) is 3.26. The largest absolute Gasteiger partial charge is 0.250 e. The summed E-state index contributed by atoms with van der Waals surface area (Å²) in [6.07, 6.45) is 1.01. The van der Waals surface area contributed by atoms with Gasteiger partial charge in [-0.1, -0.05) is 4.40 Å². The first-order chi connectivity index (χ1) is 3.06. The van der Waals surface area contributed by atoms with Crippen molar-refractivity contribution in [2.75, 3.05) is 0 Å². The molecule has 0 N–H and O–H groups in total. The van der Waals surface area contributed by atoms with Crippen molar-refractivity contribution in [3.8, 4) is 0 Å². The van der Waals surface area contributed by atoms with Crippen molar-refractivity contribution in [2.24, 2.45) is 4.40 Å². The minimum Gasteiger partial charge on any atom is -0.228 e. The number of carbonyl (C=O) groups excluding carboxylic acids is 1. The van der Waals surface area contributed by atoms with E-state index < -0.39 is 8.92 Å². The number of hydrogen-bond acceptors (Lipinski definition) is 2. The van der Waals surface area contributed by atoms with Crippen LogP contribution in [0.1, 0.15) is 0 Å². The fourth-order valence-corrected chi connectivity index (χ4v) is 0.251. The summed E-state index contributed by atoms with van der Waals surface area (Å²) in [5, 5.41) is 0. The van der Waals surface area contributed by atoms with Crippen molar-refractivity contribution in [1.82, 2.24) is 0 Å². The highest BCUT2D eigenvalue weighted by Crippen LogP contribution is 1.93.